The SMILES string of the molecule is O=c1[nH]c2ccc(-c3noc(C45CCCN(CCC4)C5)n3)cc2[nH]1. The normalized spacial score (nSPS) is 26.8. The van der Waals surface area contributed by atoms with Crippen molar-refractivity contribution in [3.63, 3.8) is 0 Å². The van der Waals surface area contributed by atoms with Crippen LogP contribution in [0.3, 0.4) is 0 Å². The summed E-state index contributed by atoms with van der Waals surface area (Å²) in [5, 5.41) is 4.21. The van der Waals surface area contributed by atoms with Crippen molar-refractivity contribution in [1.29, 1.82) is 0 Å². The molecule has 5 rings (SSSR count). The number of imidazole rings is 1. The van der Waals surface area contributed by atoms with Gasteiger partial charge in [0, 0.05) is 12.1 Å². The summed E-state index contributed by atoms with van der Waals surface area (Å²) in [6.07, 6.45) is 4.62. The van der Waals surface area contributed by atoms with Crippen LogP contribution in [0.2, 0.25) is 0 Å². The second kappa shape index (κ2) is 5.04. The van der Waals surface area contributed by atoms with E-state index < -0.39 is 0 Å². The summed E-state index contributed by atoms with van der Waals surface area (Å²) in [6, 6.07) is 5.65. The molecular formula is C17H19N5O2. The molecule has 2 saturated heterocycles. The molecule has 2 aliphatic heterocycles. The van der Waals surface area contributed by atoms with Crippen LogP contribution in [0.15, 0.2) is 27.5 Å². The maximum Gasteiger partial charge on any atom is 0.323 e. The van der Waals surface area contributed by atoms with Crippen LogP contribution in [0.25, 0.3) is 22.4 Å². The first kappa shape index (κ1) is 14.0. The van der Waals surface area contributed by atoms with Gasteiger partial charge < -0.3 is 19.4 Å². The van der Waals surface area contributed by atoms with Crippen LogP contribution in [0.4, 0.5) is 0 Å². The second-order valence-corrected chi connectivity index (χ2v) is 7.03. The Morgan fingerprint density at radius 3 is 2.75 bits per heavy atom. The van der Waals surface area contributed by atoms with Crippen LogP contribution in [-0.2, 0) is 5.41 Å². The van der Waals surface area contributed by atoms with Crippen molar-refractivity contribution >= 4 is 11.0 Å². The Labute approximate surface area is 138 Å². The van der Waals surface area contributed by atoms with Crippen molar-refractivity contribution in [1.82, 2.24) is 25.0 Å². The summed E-state index contributed by atoms with van der Waals surface area (Å²) in [5.74, 6) is 1.36. The highest BCUT2D eigenvalue weighted by molar-refractivity contribution is 5.79. The lowest BCUT2D eigenvalue weighted by Gasteiger charge is -2.44. The van der Waals surface area contributed by atoms with E-state index in [1.54, 1.807) is 0 Å². The first-order valence-corrected chi connectivity index (χ1v) is 8.51. The van der Waals surface area contributed by atoms with E-state index in [2.05, 4.69) is 20.0 Å². The number of aromatic amines is 2. The van der Waals surface area contributed by atoms with Crippen molar-refractivity contribution in [2.75, 3.05) is 19.6 Å². The predicted molar refractivity (Wildman–Crippen MR) is 88.8 cm³/mol. The second-order valence-electron chi connectivity index (χ2n) is 7.03. The van der Waals surface area contributed by atoms with E-state index in [9.17, 15) is 4.79 Å². The molecule has 7 heteroatoms. The van der Waals surface area contributed by atoms with E-state index in [0.29, 0.717) is 5.82 Å². The van der Waals surface area contributed by atoms with Crippen molar-refractivity contribution in [3.05, 3.63) is 34.6 Å². The fourth-order valence-corrected chi connectivity index (χ4v) is 4.27. The molecule has 24 heavy (non-hydrogen) atoms. The molecule has 0 amide bonds. The molecule has 1 aromatic carbocycles. The minimum absolute atomic E-state index is 0.0221. The summed E-state index contributed by atoms with van der Waals surface area (Å²) >= 11 is 0. The van der Waals surface area contributed by atoms with Crippen LogP contribution in [-0.4, -0.2) is 44.6 Å². The molecule has 2 aliphatic rings. The minimum atomic E-state index is -0.209. The molecule has 4 heterocycles. The van der Waals surface area contributed by atoms with Gasteiger partial charge in [0.1, 0.15) is 0 Å². The lowest BCUT2D eigenvalue weighted by molar-refractivity contribution is 0.0711. The Morgan fingerprint density at radius 2 is 1.92 bits per heavy atom. The zero-order valence-corrected chi connectivity index (χ0v) is 13.3. The highest BCUT2D eigenvalue weighted by Crippen LogP contribution is 2.41. The number of nitrogens with one attached hydrogen (secondary N) is 2. The highest BCUT2D eigenvalue weighted by atomic mass is 16.5. The van der Waals surface area contributed by atoms with Crippen LogP contribution in [0.1, 0.15) is 31.6 Å². The van der Waals surface area contributed by atoms with E-state index in [1.807, 2.05) is 18.2 Å². The topological polar surface area (TPSA) is 90.8 Å². The lowest BCUT2D eigenvalue weighted by Crippen LogP contribution is -2.50. The van der Waals surface area contributed by atoms with Crippen LogP contribution >= 0.6 is 0 Å². The van der Waals surface area contributed by atoms with Gasteiger partial charge in [-0.3, -0.25) is 0 Å². The number of nitrogens with zero attached hydrogens (tertiary/aromatic N) is 3. The first-order valence-electron chi connectivity index (χ1n) is 8.51. The van der Waals surface area contributed by atoms with E-state index in [-0.39, 0.29) is 11.1 Å². The van der Waals surface area contributed by atoms with Gasteiger partial charge in [-0.15, -0.1) is 0 Å². The summed E-state index contributed by atoms with van der Waals surface area (Å²) in [6.45, 7) is 3.39. The number of hydrogen-bond acceptors (Lipinski definition) is 5. The molecule has 124 valence electrons. The third-order valence-corrected chi connectivity index (χ3v) is 5.44. The van der Waals surface area contributed by atoms with Gasteiger partial charge >= 0.3 is 5.69 Å². The number of fused-ring (bicyclic) bond motifs is 3. The van der Waals surface area contributed by atoms with Crippen LogP contribution < -0.4 is 5.69 Å². The van der Waals surface area contributed by atoms with E-state index in [4.69, 9.17) is 9.51 Å². The molecule has 2 aromatic heterocycles. The molecule has 0 spiro atoms. The molecule has 0 saturated carbocycles. The van der Waals surface area contributed by atoms with E-state index >= 15 is 0 Å². The summed E-state index contributed by atoms with van der Waals surface area (Å²) in [4.78, 5) is 24.1. The first-order chi connectivity index (χ1) is 11.7. The summed E-state index contributed by atoms with van der Waals surface area (Å²) < 4.78 is 5.68. The number of rotatable bonds is 2. The zero-order chi connectivity index (χ0) is 16.1. The largest absolute Gasteiger partial charge is 0.338 e. The Balaban J connectivity index is 1.52. The van der Waals surface area contributed by atoms with Gasteiger partial charge in [-0.25, -0.2) is 4.79 Å². The fraction of sp³-hybridized carbons (Fsp3) is 0.471. The molecule has 0 aliphatic carbocycles. The number of piperidine rings is 2. The number of aromatic nitrogens is 4. The van der Waals surface area contributed by atoms with Crippen molar-refractivity contribution in [3.8, 4) is 11.4 Å². The van der Waals surface area contributed by atoms with Gasteiger partial charge in [0.2, 0.25) is 11.7 Å². The standard InChI is InChI=1S/C17H19N5O2/c23-16-18-12-4-3-11(9-13(12)19-16)14-20-15(24-21-14)17-5-1-7-22(10-17)8-2-6-17/h3-4,9H,1-2,5-8,10H2,(H2,18,19,23). The van der Waals surface area contributed by atoms with Gasteiger partial charge in [-0.05, 0) is 57.0 Å². The Morgan fingerprint density at radius 1 is 1.12 bits per heavy atom. The molecule has 7 nitrogen and oxygen atoms in total. The van der Waals surface area contributed by atoms with Crippen LogP contribution in [0, 0.1) is 0 Å². The van der Waals surface area contributed by atoms with Gasteiger partial charge in [0.25, 0.3) is 0 Å². The molecule has 3 aromatic rings. The van der Waals surface area contributed by atoms with Crippen molar-refractivity contribution in [2.45, 2.75) is 31.1 Å². The third kappa shape index (κ3) is 2.11. The summed E-state index contributed by atoms with van der Waals surface area (Å²) in [7, 11) is 0. The van der Waals surface area contributed by atoms with Crippen LogP contribution in [0.5, 0.6) is 0 Å². The maximum atomic E-state index is 11.4. The predicted octanol–water partition coefficient (Wildman–Crippen LogP) is 2.03. The number of benzene rings is 1. The zero-order valence-electron chi connectivity index (χ0n) is 13.3. The molecule has 0 atom stereocenters. The molecule has 0 radical (unpaired) electrons. The van der Waals surface area contributed by atoms with Gasteiger partial charge in [0.15, 0.2) is 0 Å². The maximum absolute atomic E-state index is 11.4. The Kier molecular flexibility index (Phi) is 2.94. The number of hydrogen-bond donors (Lipinski definition) is 2. The highest BCUT2D eigenvalue weighted by Gasteiger charge is 2.44. The Bertz CT molecular complexity index is 943. The number of H-pyrrole nitrogens is 2. The minimum Gasteiger partial charge on any atom is -0.338 e. The quantitative estimate of drug-likeness (QED) is 0.752. The van der Waals surface area contributed by atoms with Crippen molar-refractivity contribution < 1.29 is 4.52 Å². The average molecular weight is 325 g/mol. The molecule has 2 fully saturated rings. The Hall–Kier alpha value is -2.41. The van der Waals surface area contributed by atoms with Crippen molar-refractivity contribution in [2.24, 2.45) is 0 Å². The third-order valence-electron chi connectivity index (χ3n) is 5.44. The monoisotopic (exact) mass is 325 g/mol. The van der Waals surface area contributed by atoms with E-state index in [0.717, 1.165) is 41.9 Å². The molecule has 2 N–H and O–H groups in total. The fourth-order valence-electron chi connectivity index (χ4n) is 4.27. The molecular weight excluding hydrogens is 306 g/mol. The molecule has 2 bridgehead atoms. The van der Waals surface area contributed by atoms with Gasteiger partial charge in [-0.2, -0.15) is 4.98 Å². The van der Waals surface area contributed by atoms with Gasteiger partial charge in [0.05, 0.1) is 16.4 Å². The smallest absolute Gasteiger partial charge is 0.323 e. The van der Waals surface area contributed by atoms with E-state index in [1.165, 1.54) is 25.9 Å². The van der Waals surface area contributed by atoms with Gasteiger partial charge in [-0.1, -0.05) is 5.16 Å². The lowest BCUT2D eigenvalue weighted by atomic mass is 9.73. The molecule has 0 unspecified atom stereocenters. The summed E-state index contributed by atoms with van der Waals surface area (Å²) in [5.41, 5.74) is 2.20. The average Bonchev–Trinajstić information content (AvgIpc) is 3.20.